The second kappa shape index (κ2) is 8.82. The van der Waals surface area contributed by atoms with E-state index in [0.717, 1.165) is 12.1 Å². The van der Waals surface area contributed by atoms with Crippen molar-refractivity contribution in [1.29, 1.82) is 0 Å². The van der Waals surface area contributed by atoms with Gasteiger partial charge in [0.1, 0.15) is 23.1 Å². The van der Waals surface area contributed by atoms with Gasteiger partial charge in [0.25, 0.3) is 0 Å². The molecule has 1 aliphatic rings. The highest BCUT2D eigenvalue weighted by atomic mass is 19.1. The topological polar surface area (TPSA) is 67.4 Å². The van der Waals surface area contributed by atoms with Crippen LogP contribution in [0.1, 0.15) is 25.7 Å². The molecular formula is C21H22F2N2O3. The first-order valence-electron chi connectivity index (χ1n) is 9.18. The number of amides is 2. The Morgan fingerprint density at radius 1 is 0.857 bits per heavy atom. The minimum absolute atomic E-state index is 0.122. The van der Waals surface area contributed by atoms with Gasteiger partial charge in [0.2, 0.25) is 11.8 Å². The quantitative estimate of drug-likeness (QED) is 0.800. The molecule has 148 valence electrons. The van der Waals surface area contributed by atoms with Gasteiger partial charge in [-0.05, 0) is 49.9 Å². The summed E-state index contributed by atoms with van der Waals surface area (Å²) in [5.74, 6) is -2.18. The predicted octanol–water partition coefficient (Wildman–Crippen LogP) is 4.36. The average Bonchev–Trinajstić information content (AvgIpc) is 2.71. The normalized spacial score (nSPS) is 19.0. The average molecular weight is 388 g/mol. The highest BCUT2D eigenvalue weighted by Crippen LogP contribution is 2.32. The standard InChI is InChI=1S/C21H22F2N2O3/c1-28-18-8-3-2-7-17(18)24-20(26)13-9-11-14(12-10-13)21(27)25-19-15(22)5-4-6-16(19)23/h2-8,13-14H,9-12H2,1H3,(H,24,26)(H,25,27). The molecule has 2 aromatic rings. The first-order valence-corrected chi connectivity index (χ1v) is 9.18. The number of anilines is 2. The first-order chi connectivity index (χ1) is 13.5. The minimum atomic E-state index is -0.807. The summed E-state index contributed by atoms with van der Waals surface area (Å²) in [5, 5.41) is 5.21. The van der Waals surface area contributed by atoms with Crippen molar-refractivity contribution in [3.8, 4) is 5.75 Å². The number of methoxy groups -OCH3 is 1. The maximum absolute atomic E-state index is 13.7. The molecule has 2 N–H and O–H groups in total. The van der Waals surface area contributed by atoms with Crippen LogP contribution in [0, 0.1) is 23.5 Å². The largest absolute Gasteiger partial charge is 0.495 e. The van der Waals surface area contributed by atoms with E-state index in [4.69, 9.17) is 4.74 Å². The predicted molar refractivity (Wildman–Crippen MR) is 102 cm³/mol. The summed E-state index contributed by atoms with van der Waals surface area (Å²) in [5.41, 5.74) is 0.174. The van der Waals surface area contributed by atoms with Gasteiger partial charge >= 0.3 is 0 Å². The second-order valence-corrected chi connectivity index (χ2v) is 6.82. The summed E-state index contributed by atoms with van der Waals surface area (Å²) >= 11 is 0. The number of halogens is 2. The number of carbonyl (C=O) groups excluding carboxylic acids is 2. The molecule has 28 heavy (non-hydrogen) atoms. The third kappa shape index (κ3) is 4.47. The SMILES string of the molecule is COc1ccccc1NC(=O)C1CCC(C(=O)Nc2c(F)cccc2F)CC1. The lowest BCUT2D eigenvalue weighted by atomic mass is 9.81. The molecule has 0 radical (unpaired) electrons. The van der Waals surface area contributed by atoms with Crippen LogP contribution in [0.15, 0.2) is 42.5 Å². The molecule has 0 bridgehead atoms. The van der Waals surface area contributed by atoms with Gasteiger partial charge in [-0.25, -0.2) is 8.78 Å². The number of hydrogen-bond donors (Lipinski definition) is 2. The smallest absolute Gasteiger partial charge is 0.227 e. The van der Waals surface area contributed by atoms with Crippen LogP contribution in [-0.2, 0) is 9.59 Å². The van der Waals surface area contributed by atoms with Crippen LogP contribution >= 0.6 is 0 Å². The molecule has 5 nitrogen and oxygen atoms in total. The molecule has 0 saturated heterocycles. The lowest BCUT2D eigenvalue weighted by molar-refractivity contribution is -0.125. The van der Waals surface area contributed by atoms with E-state index >= 15 is 0 Å². The minimum Gasteiger partial charge on any atom is -0.495 e. The van der Waals surface area contributed by atoms with Crippen molar-refractivity contribution in [2.24, 2.45) is 11.8 Å². The zero-order chi connectivity index (χ0) is 20.1. The van der Waals surface area contributed by atoms with Gasteiger partial charge < -0.3 is 15.4 Å². The van der Waals surface area contributed by atoms with E-state index in [1.54, 1.807) is 18.2 Å². The Morgan fingerprint density at radius 2 is 1.39 bits per heavy atom. The molecule has 0 heterocycles. The lowest BCUT2D eigenvalue weighted by Crippen LogP contribution is -2.32. The Labute approximate surface area is 162 Å². The Bertz CT molecular complexity index is 844. The molecule has 2 aromatic carbocycles. The molecule has 0 spiro atoms. The fourth-order valence-electron chi connectivity index (χ4n) is 3.44. The third-order valence-electron chi connectivity index (χ3n) is 5.04. The molecule has 7 heteroatoms. The zero-order valence-corrected chi connectivity index (χ0v) is 15.5. The van der Waals surface area contributed by atoms with Crippen LogP contribution in [0.2, 0.25) is 0 Å². The molecule has 0 aliphatic heterocycles. The number of para-hydroxylation sites is 3. The third-order valence-corrected chi connectivity index (χ3v) is 5.04. The van der Waals surface area contributed by atoms with Crippen molar-refractivity contribution < 1.29 is 23.1 Å². The zero-order valence-electron chi connectivity index (χ0n) is 15.5. The van der Waals surface area contributed by atoms with Crippen LogP contribution in [0.4, 0.5) is 20.2 Å². The Kier molecular flexibility index (Phi) is 6.23. The van der Waals surface area contributed by atoms with Gasteiger partial charge in [0.15, 0.2) is 0 Å². The highest BCUT2D eigenvalue weighted by molar-refractivity contribution is 5.95. The van der Waals surface area contributed by atoms with Gasteiger partial charge in [-0.2, -0.15) is 0 Å². The van der Waals surface area contributed by atoms with E-state index in [2.05, 4.69) is 10.6 Å². The van der Waals surface area contributed by atoms with Crippen molar-refractivity contribution in [3.05, 3.63) is 54.1 Å². The molecule has 3 rings (SSSR count). The van der Waals surface area contributed by atoms with E-state index in [-0.39, 0.29) is 17.7 Å². The van der Waals surface area contributed by atoms with Crippen molar-refractivity contribution >= 4 is 23.2 Å². The van der Waals surface area contributed by atoms with Crippen LogP contribution in [0.3, 0.4) is 0 Å². The highest BCUT2D eigenvalue weighted by Gasteiger charge is 2.31. The molecule has 1 fully saturated rings. The van der Waals surface area contributed by atoms with Crippen molar-refractivity contribution in [1.82, 2.24) is 0 Å². The molecule has 2 amide bonds. The summed E-state index contributed by atoms with van der Waals surface area (Å²) in [6.45, 7) is 0. The monoisotopic (exact) mass is 388 g/mol. The van der Waals surface area contributed by atoms with E-state index in [1.165, 1.54) is 13.2 Å². The van der Waals surface area contributed by atoms with Crippen molar-refractivity contribution in [3.63, 3.8) is 0 Å². The Morgan fingerprint density at radius 3 is 1.96 bits per heavy atom. The Balaban J connectivity index is 1.55. The number of carbonyl (C=O) groups is 2. The van der Waals surface area contributed by atoms with Gasteiger partial charge in [-0.3, -0.25) is 9.59 Å². The summed E-state index contributed by atoms with van der Waals surface area (Å²) in [7, 11) is 1.53. The maximum Gasteiger partial charge on any atom is 0.227 e. The molecule has 0 atom stereocenters. The van der Waals surface area contributed by atoms with Gasteiger partial charge in [-0.1, -0.05) is 18.2 Å². The number of benzene rings is 2. The number of ether oxygens (including phenoxy) is 1. The Hall–Kier alpha value is -2.96. The summed E-state index contributed by atoms with van der Waals surface area (Å²) in [4.78, 5) is 24.9. The van der Waals surface area contributed by atoms with Crippen LogP contribution < -0.4 is 15.4 Å². The summed E-state index contributed by atoms with van der Waals surface area (Å²) < 4.78 is 32.6. The van der Waals surface area contributed by atoms with Gasteiger partial charge in [0, 0.05) is 11.8 Å². The summed E-state index contributed by atoms with van der Waals surface area (Å²) in [6, 6.07) is 10.6. The lowest BCUT2D eigenvalue weighted by Gasteiger charge is -2.27. The van der Waals surface area contributed by atoms with E-state index in [9.17, 15) is 18.4 Å². The van der Waals surface area contributed by atoms with Gasteiger partial charge in [-0.15, -0.1) is 0 Å². The second-order valence-electron chi connectivity index (χ2n) is 6.82. The first kappa shape index (κ1) is 19.8. The molecule has 1 saturated carbocycles. The maximum atomic E-state index is 13.7. The van der Waals surface area contributed by atoms with Crippen molar-refractivity contribution in [2.75, 3.05) is 17.7 Å². The van der Waals surface area contributed by atoms with E-state index in [0.29, 0.717) is 37.1 Å². The molecule has 0 unspecified atom stereocenters. The molecular weight excluding hydrogens is 366 g/mol. The number of nitrogens with one attached hydrogen (secondary N) is 2. The van der Waals surface area contributed by atoms with Crippen LogP contribution in [0.25, 0.3) is 0 Å². The fourth-order valence-corrected chi connectivity index (χ4v) is 3.44. The fraction of sp³-hybridized carbons (Fsp3) is 0.333. The van der Waals surface area contributed by atoms with Gasteiger partial charge in [0.05, 0.1) is 12.8 Å². The van der Waals surface area contributed by atoms with E-state index in [1.807, 2.05) is 6.07 Å². The van der Waals surface area contributed by atoms with Crippen LogP contribution in [0.5, 0.6) is 5.75 Å². The van der Waals surface area contributed by atoms with E-state index < -0.39 is 23.2 Å². The number of hydrogen-bond acceptors (Lipinski definition) is 3. The molecule has 1 aliphatic carbocycles. The number of rotatable bonds is 5. The summed E-state index contributed by atoms with van der Waals surface area (Å²) in [6.07, 6.45) is 2.01. The van der Waals surface area contributed by atoms with Crippen molar-refractivity contribution in [2.45, 2.75) is 25.7 Å². The molecule has 0 aromatic heterocycles. The van der Waals surface area contributed by atoms with Crippen LogP contribution in [-0.4, -0.2) is 18.9 Å².